The van der Waals surface area contributed by atoms with Crippen molar-refractivity contribution in [3.8, 4) is 6.07 Å². The van der Waals surface area contributed by atoms with E-state index in [1.165, 1.54) is 22.9 Å². The van der Waals surface area contributed by atoms with Crippen LogP contribution in [0.1, 0.15) is 42.5 Å². The van der Waals surface area contributed by atoms with E-state index in [0.29, 0.717) is 17.1 Å². The average molecular weight is 335 g/mol. The van der Waals surface area contributed by atoms with Crippen molar-refractivity contribution in [2.45, 2.75) is 39.7 Å². The number of hydrogen-bond acceptors (Lipinski definition) is 6. The van der Waals surface area contributed by atoms with Crippen LogP contribution in [0.15, 0.2) is 5.38 Å². The van der Waals surface area contributed by atoms with Gasteiger partial charge in [0.25, 0.3) is 0 Å². The largest absolute Gasteiger partial charge is 0.333 e. The van der Waals surface area contributed by atoms with Crippen LogP contribution in [0.2, 0.25) is 0 Å². The molecule has 0 aliphatic carbocycles. The third-order valence-electron chi connectivity index (χ3n) is 3.09. The summed E-state index contributed by atoms with van der Waals surface area (Å²) in [5, 5.41) is 21.2. The first-order valence-electron chi connectivity index (χ1n) is 6.67. The number of amides is 2. The molecule has 0 atom stereocenters. The molecule has 0 aliphatic heterocycles. The normalized spacial score (nSPS) is 11.0. The first-order valence-corrected chi connectivity index (χ1v) is 8.33. The van der Waals surface area contributed by atoms with E-state index < -0.39 is 0 Å². The molecule has 0 aromatic carbocycles. The summed E-state index contributed by atoms with van der Waals surface area (Å²) < 4.78 is 3.82. The summed E-state index contributed by atoms with van der Waals surface area (Å²) in [5.41, 5.74) is 2.15. The molecule has 2 N–H and O–H groups in total. The van der Waals surface area contributed by atoms with Crippen LogP contribution in [-0.4, -0.2) is 15.6 Å². The van der Waals surface area contributed by atoms with Gasteiger partial charge in [-0.05, 0) is 34.8 Å². The van der Waals surface area contributed by atoms with E-state index in [2.05, 4.69) is 26.3 Å². The Hall–Kier alpha value is -1.98. The zero-order valence-electron chi connectivity index (χ0n) is 12.9. The van der Waals surface area contributed by atoms with E-state index in [1.54, 1.807) is 0 Å². The minimum Gasteiger partial charge on any atom is -0.333 e. The molecule has 8 heteroatoms. The number of hydrogen-bond donors (Lipinski definition) is 2. The molecular weight excluding hydrogens is 318 g/mol. The number of urea groups is 1. The van der Waals surface area contributed by atoms with Crippen molar-refractivity contribution >= 4 is 33.9 Å². The minimum atomic E-state index is -0.341. The van der Waals surface area contributed by atoms with E-state index in [1.807, 2.05) is 33.1 Å². The first kappa shape index (κ1) is 16.4. The Labute approximate surface area is 137 Å². The molecule has 0 spiro atoms. The molecule has 2 aromatic rings. The number of aryl methyl sites for hydroxylation is 1. The number of nitrogens with one attached hydrogen (secondary N) is 2. The van der Waals surface area contributed by atoms with Crippen molar-refractivity contribution in [3.63, 3.8) is 0 Å². The molecule has 6 nitrogen and oxygen atoms in total. The average Bonchev–Trinajstić information content (AvgIpc) is 3.02. The highest BCUT2D eigenvalue weighted by atomic mass is 32.1. The van der Waals surface area contributed by atoms with Gasteiger partial charge >= 0.3 is 6.03 Å². The Morgan fingerprint density at radius 3 is 2.73 bits per heavy atom. The second-order valence-electron chi connectivity index (χ2n) is 5.80. The van der Waals surface area contributed by atoms with Crippen LogP contribution in [0.4, 0.5) is 9.80 Å². The van der Waals surface area contributed by atoms with Crippen LogP contribution in [-0.2, 0) is 12.0 Å². The second-order valence-corrected chi connectivity index (χ2v) is 7.52. The lowest BCUT2D eigenvalue weighted by molar-refractivity contribution is 0.252. The Morgan fingerprint density at radius 2 is 2.18 bits per heavy atom. The van der Waals surface area contributed by atoms with Crippen LogP contribution in [0, 0.1) is 18.3 Å². The molecule has 0 unspecified atom stereocenters. The van der Waals surface area contributed by atoms with Gasteiger partial charge in [0.15, 0.2) is 0 Å². The highest BCUT2D eigenvalue weighted by molar-refractivity contribution is 7.14. The fourth-order valence-corrected chi connectivity index (χ4v) is 3.54. The van der Waals surface area contributed by atoms with Gasteiger partial charge in [-0.1, -0.05) is 25.3 Å². The summed E-state index contributed by atoms with van der Waals surface area (Å²) in [7, 11) is 0. The summed E-state index contributed by atoms with van der Waals surface area (Å²) in [6.45, 7) is 8.34. The molecule has 2 rings (SSSR count). The molecule has 2 heterocycles. The number of carbonyl (C=O) groups excluding carboxylic acids is 1. The molecule has 2 amide bonds. The number of rotatable bonds is 3. The molecule has 0 saturated heterocycles. The molecule has 116 valence electrons. The van der Waals surface area contributed by atoms with Crippen LogP contribution >= 0.6 is 22.9 Å². The van der Waals surface area contributed by atoms with Gasteiger partial charge in [0.1, 0.15) is 11.1 Å². The van der Waals surface area contributed by atoms with Crippen LogP contribution in [0.3, 0.4) is 0 Å². The Kier molecular flexibility index (Phi) is 4.78. The summed E-state index contributed by atoms with van der Waals surface area (Å²) >= 11 is 2.63. The number of thiophene rings is 1. The highest BCUT2D eigenvalue weighted by Gasteiger charge is 2.23. The Balaban J connectivity index is 2.05. The van der Waals surface area contributed by atoms with Gasteiger partial charge in [0.2, 0.25) is 0 Å². The molecule has 0 aliphatic rings. The maximum Gasteiger partial charge on any atom is 0.320 e. The van der Waals surface area contributed by atoms with Crippen molar-refractivity contribution in [3.05, 3.63) is 27.1 Å². The molecule has 22 heavy (non-hydrogen) atoms. The van der Waals surface area contributed by atoms with Crippen molar-refractivity contribution in [1.29, 1.82) is 5.26 Å². The highest BCUT2D eigenvalue weighted by Crippen LogP contribution is 2.35. The van der Waals surface area contributed by atoms with Gasteiger partial charge in [0.05, 0.1) is 22.7 Å². The predicted octanol–water partition coefficient (Wildman–Crippen LogP) is 3.40. The lowest BCUT2D eigenvalue weighted by Crippen LogP contribution is -2.28. The molecular formula is C14H17N5OS2. The standard InChI is InChI=1S/C14H17N5OS2/c1-8-11(22-19-18-8)6-16-13(20)17-12-9(5-15)10(7-21-12)14(2,3)4/h7H,6H2,1-4H3,(H2,16,17,20). The maximum atomic E-state index is 12.0. The fourth-order valence-electron chi connectivity index (χ4n) is 1.83. The Morgan fingerprint density at radius 1 is 1.45 bits per heavy atom. The van der Waals surface area contributed by atoms with Crippen LogP contribution < -0.4 is 10.6 Å². The van der Waals surface area contributed by atoms with E-state index in [4.69, 9.17) is 0 Å². The number of nitriles is 1. The van der Waals surface area contributed by atoms with Gasteiger partial charge in [-0.15, -0.1) is 16.4 Å². The predicted molar refractivity (Wildman–Crippen MR) is 88.2 cm³/mol. The van der Waals surface area contributed by atoms with E-state index >= 15 is 0 Å². The van der Waals surface area contributed by atoms with Crippen molar-refractivity contribution in [2.24, 2.45) is 0 Å². The number of anilines is 1. The topological polar surface area (TPSA) is 90.7 Å². The number of carbonyl (C=O) groups is 1. The third kappa shape index (κ3) is 3.61. The van der Waals surface area contributed by atoms with Gasteiger partial charge in [-0.25, -0.2) is 4.79 Å². The van der Waals surface area contributed by atoms with Crippen LogP contribution in [0.5, 0.6) is 0 Å². The van der Waals surface area contributed by atoms with Gasteiger partial charge in [0, 0.05) is 0 Å². The monoisotopic (exact) mass is 335 g/mol. The number of aromatic nitrogens is 2. The summed E-state index contributed by atoms with van der Waals surface area (Å²) in [6, 6.07) is 1.84. The SMILES string of the molecule is Cc1nnsc1CNC(=O)Nc1scc(C(C)(C)C)c1C#N. The van der Waals surface area contributed by atoms with Crippen molar-refractivity contribution in [2.75, 3.05) is 5.32 Å². The smallest absolute Gasteiger partial charge is 0.320 e. The molecule has 0 fully saturated rings. The number of nitrogens with zero attached hydrogens (tertiary/aromatic N) is 3. The van der Waals surface area contributed by atoms with Crippen molar-refractivity contribution < 1.29 is 4.79 Å². The zero-order valence-corrected chi connectivity index (χ0v) is 14.5. The molecule has 0 radical (unpaired) electrons. The Bertz CT molecular complexity index is 720. The van der Waals surface area contributed by atoms with Crippen molar-refractivity contribution in [1.82, 2.24) is 14.9 Å². The van der Waals surface area contributed by atoms with E-state index in [0.717, 1.165) is 16.1 Å². The quantitative estimate of drug-likeness (QED) is 0.899. The lowest BCUT2D eigenvalue weighted by atomic mass is 9.86. The molecule has 0 saturated carbocycles. The zero-order chi connectivity index (χ0) is 16.3. The minimum absolute atomic E-state index is 0.136. The van der Waals surface area contributed by atoms with Gasteiger partial charge in [-0.2, -0.15) is 5.26 Å². The molecule has 0 bridgehead atoms. The maximum absolute atomic E-state index is 12.0. The van der Waals surface area contributed by atoms with Gasteiger partial charge in [-0.3, -0.25) is 5.32 Å². The van der Waals surface area contributed by atoms with Crippen LogP contribution in [0.25, 0.3) is 0 Å². The summed E-state index contributed by atoms with van der Waals surface area (Å²) in [6.07, 6.45) is 0. The second kappa shape index (κ2) is 6.42. The van der Waals surface area contributed by atoms with E-state index in [-0.39, 0.29) is 11.4 Å². The summed E-state index contributed by atoms with van der Waals surface area (Å²) in [5.74, 6) is 0. The summed E-state index contributed by atoms with van der Waals surface area (Å²) in [4.78, 5) is 12.9. The molecule has 2 aromatic heterocycles. The van der Waals surface area contributed by atoms with E-state index in [9.17, 15) is 10.1 Å². The third-order valence-corrected chi connectivity index (χ3v) is 4.81. The fraction of sp³-hybridized carbons (Fsp3) is 0.429. The first-order chi connectivity index (χ1) is 10.3. The van der Waals surface area contributed by atoms with Gasteiger partial charge < -0.3 is 5.32 Å². The lowest BCUT2D eigenvalue weighted by Gasteiger charge is -2.17.